The fourth-order valence-corrected chi connectivity index (χ4v) is 3.13. The monoisotopic (exact) mass is 405 g/mol. The number of likely N-dealkylation sites (N-methyl/N-ethyl adjacent to an activating group) is 1. The van der Waals surface area contributed by atoms with Gasteiger partial charge in [0.1, 0.15) is 24.0 Å². The molecule has 3 aromatic rings. The largest absolute Gasteiger partial charge is 0.465 e. The minimum Gasteiger partial charge on any atom is -0.465 e. The molecule has 0 saturated heterocycles. The van der Waals surface area contributed by atoms with Crippen LogP contribution in [0.2, 0.25) is 0 Å². The molecule has 30 heavy (non-hydrogen) atoms. The number of ether oxygens (including phenoxy) is 1. The number of benzene rings is 2. The molecule has 3 rings (SSSR count). The van der Waals surface area contributed by atoms with Crippen LogP contribution < -0.4 is 4.90 Å². The van der Waals surface area contributed by atoms with Gasteiger partial charge in [0.05, 0.1) is 12.1 Å². The van der Waals surface area contributed by atoms with Crippen LogP contribution in [0.3, 0.4) is 0 Å². The molecule has 0 radical (unpaired) electrons. The van der Waals surface area contributed by atoms with Crippen molar-refractivity contribution in [3.8, 4) is 6.07 Å². The highest BCUT2D eigenvalue weighted by Gasteiger charge is 2.18. The normalized spacial score (nSPS) is 11.2. The van der Waals surface area contributed by atoms with Crippen molar-refractivity contribution >= 4 is 34.5 Å². The van der Waals surface area contributed by atoms with Crippen LogP contribution in [-0.2, 0) is 20.9 Å². The van der Waals surface area contributed by atoms with Gasteiger partial charge in [0.25, 0.3) is 5.91 Å². The lowest BCUT2D eigenvalue weighted by atomic mass is 10.1. The molecule has 0 unspecified atom stereocenters. The number of nitriles is 1. The highest BCUT2D eigenvalue weighted by atomic mass is 19.1. The molecular weight excluding hydrogens is 385 g/mol. The van der Waals surface area contributed by atoms with E-state index < -0.39 is 17.7 Å². The van der Waals surface area contributed by atoms with Crippen molar-refractivity contribution in [2.45, 2.75) is 13.5 Å². The third-order valence-electron chi connectivity index (χ3n) is 4.58. The number of carbonyl (C=O) groups is 2. The Balaban J connectivity index is 2.02. The number of fused-ring (bicyclic) bond motifs is 1. The lowest BCUT2D eigenvalue weighted by Gasteiger charge is -2.16. The number of amides is 1. The first-order valence-corrected chi connectivity index (χ1v) is 9.33. The summed E-state index contributed by atoms with van der Waals surface area (Å²) in [6.07, 6.45) is 3.05. The Hall–Kier alpha value is -3.92. The first-order valence-electron chi connectivity index (χ1n) is 9.33. The molecule has 0 saturated carbocycles. The molecule has 0 atom stereocenters. The van der Waals surface area contributed by atoms with E-state index in [-0.39, 0.29) is 18.7 Å². The lowest BCUT2D eigenvalue weighted by Crippen LogP contribution is -2.27. The van der Waals surface area contributed by atoms with Crippen LogP contribution in [-0.4, -0.2) is 30.1 Å². The zero-order chi connectivity index (χ0) is 21.7. The Kier molecular flexibility index (Phi) is 6.28. The SMILES string of the molecule is CCOC(=O)Cn1cc(/C=C(\C#N)C(=O)N(C)c2ccccc2)c2ccc(F)cc21. The molecule has 0 fully saturated rings. The molecule has 0 bridgehead atoms. The number of aromatic nitrogens is 1. The molecular formula is C23H20FN3O3. The molecule has 6 nitrogen and oxygen atoms in total. The van der Waals surface area contributed by atoms with Crippen LogP contribution in [0, 0.1) is 17.1 Å². The van der Waals surface area contributed by atoms with Gasteiger partial charge < -0.3 is 14.2 Å². The van der Waals surface area contributed by atoms with E-state index >= 15 is 0 Å². The smallest absolute Gasteiger partial charge is 0.325 e. The summed E-state index contributed by atoms with van der Waals surface area (Å²) in [5.41, 5.74) is 1.56. The van der Waals surface area contributed by atoms with E-state index in [4.69, 9.17) is 4.74 Å². The maximum atomic E-state index is 13.8. The molecule has 1 heterocycles. The Morgan fingerprint density at radius 3 is 2.63 bits per heavy atom. The first-order chi connectivity index (χ1) is 14.4. The Morgan fingerprint density at radius 1 is 1.23 bits per heavy atom. The van der Waals surface area contributed by atoms with E-state index in [0.29, 0.717) is 22.2 Å². The number of nitrogens with zero attached hydrogens (tertiary/aromatic N) is 3. The van der Waals surface area contributed by atoms with Crippen LogP contribution in [0.5, 0.6) is 0 Å². The van der Waals surface area contributed by atoms with Gasteiger partial charge in [-0.05, 0) is 43.3 Å². The molecule has 0 spiro atoms. The summed E-state index contributed by atoms with van der Waals surface area (Å²) >= 11 is 0. The van der Waals surface area contributed by atoms with Gasteiger partial charge in [0.15, 0.2) is 0 Å². The van der Waals surface area contributed by atoms with E-state index in [1.807, 2.05) is 12.1 Å². The number of para-hydroxylation sites is 1. The number of hydrogen-bond acceptors (Lipinski definition) is 4. The molecule has 7 heteroatoms. The Bertz CT molecular complexity index is 1160. The third-order valence-corrected chi connectivity index (χ3v) is 4.58. The van der Waals surface area contributed by atoms with E-state index in [1.165, 1.54) is 23.1 Å². The molecule has 1 amide bonds. The number of carbonyl (C=O) groups excluding carboxylic acids is 2. The van der Waals surface area contributed by atoms with Crippen molar-refractivity contribution in [2.24, 2.45) is 0 Å². The summed E-state index contributed by atoms with van der Waals surface area (Å²) in [6.45, 7) is 1.83. The summed E-state index contributed by atoms with van der Waals surface area (Å²) in [7, 11) is 1.59. The van der Waals surface area contributed by atoms with E-state index in [0.717, 1.165) is 0 Å². The Morgan fingerprint density at radius 2 is 1.97 bits per heavy atom. The maximum absolute atomic E-state index is 13.8. The predicted octanol–water partition coefficient (Wildman–Crippen LogP) is 3.91. The van der Waals surface area contributed by atoms with E-state index in [9.17, 15) is 19.2 Å². The second kappa shape index (κ2) is 9.05. The van der Waals surface area contributed by atoms with Crippen LogP contribution in [0.1, 0.15) is 12.5 Å². The van der Waals surface area contributed by atoms with Gasteiger partial charge in [-0.3, -0.25) is 9.59 Å². The summed E-state index contributed by atoms with van der Waals surface area (Å²) in [6, 6.07) is 15.0. The van der Waals surface area contributed by atoms with Crippen molar-refractivity contribution < 1.29 is 18.7 Å². The first kappa shape index (κ1) is 20.8. The average molecular weight is 405 g/mol. The van der Waals surface area contributed by atoms with Gasteiger partial charge in [-0.2, -0.15) is 5.26 Å². The van der Waals surface area contributed by atoms with Crippen molar-refractivity contribution in [1.82, 2.24) is 4.57 Å². The van der Waals surface area contributed by atoms with Crippen LogP contribution >= 0.6 is 0 Å². The highest BCUT2D eigenvalue weighted by Crippen LogP contribution is 2.25. The summed E-state index contributed by atoms with van der Waals surface area (Å²) < 4.78 is 20.3. The fraction of sp³-hybridized carbons (Fsp3) is 0.174. The minimum absolute atomic E-state index is 0.0825. The molecule has 0 N–H and O–H groups in total. The molecule has 0 aliphatic heterocycles. The molecule has 0 aliphatic rings. The van der Waals surface area contributed by atoms with Gasteiger partial charge in [0.2, 0.25) is 0 Å². The third kappa shape index (κ3) is 4.39. The summed E-state index contributed by atoms with van der Waals surface area (Å²) in [4.78, 5) is 26.1. The summed E-state index contributed by atoms with van der Waals surface area (Å²) in [5, 5.41) is 10.2. The quantitative estimate of drug-likeness (QED) is 0.354. The van der Waals surface area contributed by atoms with Crippen molar-refractivity contribution in [2.75, 3.05) is 18.6 Å². The van der Waals surface area contributed by atoms with Gasteiger partial charge in [-0.1, -0.05) is 18.2 Å². The van der Waals surface area contributed by atoms with E-state index in [1.54, 1.807) is 55.1 Å². The van der Waals surface area contributed by atoms with Crippen molar-refractivity contribution in [1.29, 1.82) is 5.26 Å². The molecule has 1 aromatic heterocycles. The Labute approximate surface area is 173 Å². The number of hydrogen-bond donors (Lipinski definition) is 0. The van der Waals surface area contributed by atoms with Gasteiger partial charge in [-0.15, -0.1) is 0 Å². The average Bonchev–Trinajstić information content (AvgIpc) is 3.07. The zero-order valence-corrected chi connectivity index (χ0v) is 16.6. The maximum Gasteiger partial charge on any atom is 0.325 e. The van der Waals surface area contributed by atoms with E-state index in [2.05, 4.69) is 0 Å². The topological polar surface area (TPSA) is 75.3 Å². The van der Waals surface area contributed by atoms with Crippen molar-refractivity contribution in [3.05, 3.63) is 71.7 Å². The molecule has 0 aliphatic carbocycles. The number of anilines is 1. The highest BCUT2D eigenvalue weighted by molar-refractivity contribution is 6.11. The number of esters is 1. The lowest BCUT2D eigenvalue weighted by molar-refractivity contribution is -0.143. The fourth-order valence-electron chi connectivity index (χ4n) is 3.13. The van der Waals surface area contributed by atoms with Gasteiger partial charge in [0, 0.05) is 29.9 Å². The molecule has 152 valence electrons. The minimum atomic E-state index is -0.475. The standard InChI is InChI=1S/C23H20FN3O3/c1-3-30-22(28)15-27-14-17(20-10-9-18(24)12-21(20)27)11-16(13-25)23(29)26(2)19-7-5-4-6-8-19/h4-12,14H,3,15H2,1-2H3/b16-11+. The van der Waals surface area contributed by atoms with Gasteiger partial charge >= 0.3 is 5.97 Å². The predicted molar refractivity (Wildman–Crippen MR) is 112 cm³/mol. The van der Waals surface area contributed by atoms with Crippen LogP contribution in [0.4, 0.5) is 10.1 Å². The van der Waals surface area contributed by atoms with Crippen molar-refractivity contribution in [3.63, 3.8) is 0 Å². The molecule has 2 aromatic carbocycles. The van der Waals surface area contributed by atoms with Crippen LogP contribution in [0.15, 0.2) is 60.3 Å². The second-order valence-electron chi connectivity index (χ2n) is 6.55. The van der Waals surface area contributed by atoms with Gasteiger partial charge in [-0.25, -0.2) is 4.39 Å². The summed E-state index contributed by atoms with van der Waals surface area (Å²) in [5.74, 6) is -1.40. The van der Waals surface area contributed by atoms with Crippen LogP contribution in [0.25, 0.3) is 17.0 Å². The second-order valence-corrected chi connectivity index (χ2v) is 6.55. The number of halogens is 1. The number of rotatable bonds is 6. The zero-order valence-electron chi connectivity index (χ0n) is 16.6.